The topological polar surface area (TPSA) is 29.1 Å². The number of benzene rings is 1. The quantitative estimate of drug-likeness (QED) is 0.765. The summed E-state index contributed by atoms with van der Waals surface area (Å²) in [4.78, 5) is 12.9. The third-order valence-corrected chi connectivity index (χ3v) is 5.15. The molecular weight excluding hydrogens is 237 g/mol. The number of rotatable bonds is 0. The van der Waals surface area contributed by atoms with Crippen molar-refractivity contribution in [2.45, 2.75) is 30.6 Å². The van der Waals surface area contributed by atoms with Gasteiger partial charge in [0.05, 0.1) is 16.0 Å². The molecule has 0 atom stereocenters. The van der Waals surface area contributed by atoms with Crippen LogP contribution in [0.15, 0.2) is 23.1 Å². The van der Waals surface area contributed by atoms with Crippen LogP contribution in [0.25, 0.3) is 0 Å². The van der Waals surface area contributed by atoms with Gasteiger partial charge in [-0.05, 0) is 25.0 Å². The summed E-state index contributed by atoms with van der Waals surface area (Å²) in [5.74, 6) is 0.543. The van der Waals surface area contributed by atoms with E-state index in [2.05, 4.69) is 5.32 Å². The highest BCUT2D eigenvalue weighted by atomic mass is 32.2. The van der Waals surface area contributed by atoms with E-state index in [4.69, 9.17) is 0 Å². The van der Waals surface area contributed by atoms with Gasteiger partial charge in [0.1, 0.15) is 5.82 Å². The van der Waals surface area contributed by atoms with Gasteiger partial charge in [-0.1, -0.05) is 18.9 Å². The number of thioether (sulfide) groups is 1. The van der Waals surface area contributed by atoms with Crippen LogP contribution in [0, 0.1) is 11.2 Å². The summed E-state index contributed by atoms with van der Waals surface area (Å²) in [5, 5.41) is 2.90. The molecule has 0 bridgehead atoms. The molecule has 1 fully saturated rings. The normalized spacial score (nSPS) is 22.1. The highest BCUT2D eigenvalue weighted by Crippen LogP contribution is 2.47. The van der Waals surface area contributed by atoms with E-state index >= 15 is 0 Å². The highest BCUT2D eigenvalue weighted by molar-refractivity contribution is 7.99. The van der Waals surface area contributed by atoms with Crippen LogP contribution in [0.5, 0.6) is 0 Å². The summed E-state index contributed by atoms with van der Waals surface area (Å²) in [7, 11) is 0. The van der Waals surface area contributed by atoms with E-state index in [1.807, 2.05) is 0 Å². The lowest BCUT2D eigenvalue weighted by atomic mass is 9.87. The summed E-state index contributed by atoms with van der Waals surface area (Å²) in [6.07, 6.45) is 4.07. The van der Waals surface area contributed by atoms with Gasteiger partial charge >= 0.3 is 0 Å². The molecule has 1 spiro atoms. The summed E-state index contributed by atoms with van der Waals surface area (Å²) in [6.45, 7) is 0. The van der Waals surface area contributed by atoms with E-state index in [1.165, 1.54) is 17.8 Å². The number of hydrogen-bond donors (Lipinski definition) is 1. The molecule has 1 amide bonds. The molecule has 1 aliphatic heterocycles. The minimum atomic E-state index is -0.268. The second-order valence-electron chi connectivity index (χ2n) is 4.85. The number of halogens is 1. The van der Waals surface area contributed by atoms with Crippen LogP contribution in [-0.4, -0.2) is 11.7 Å². The van der Waals surface area contributed by atoms with Gasteiger partial charge in [-0.3, -0.25) is 4.79 Å². The fourth-order valence-electron chi connectivity index (χ4n) is 2.71. The zero-order valence-corrected chi connectivity index (χ0v) is 10.3. The molecule has 0 unspecified atom stereocenters. The first kappa shape index (κ1) is 11.1. The van der Waals surface area contributed by atoms with Crippen LogP contribution >= 0.6 is 11.8 Å². The minimum Gasteiger partial charge on any atom is -0.324 e. The maximum absolute atomic E-state index is 13.7. The van der Waals surface area contributed by atoms with Crippen molar-refractivity contribution in [3.8, 4) is 0 Å². The number of hydrogen-bond acceptors (Lipinski definition) is 2. The Bertz CT molecular complexity index is 468. The van der Waals surface area contributed by atoms with E-state index in [0.29, 0.717) is 16.3 Å². The summed E-state index contributed by atoms with van der Waals surface area (Å²) >= 11 is 1.48. The van der Waals surface area contributed by atoms with Crippen LogP contribution in [-0.2, 0) is 4.79 Å². The SMILES string of the molecule is O=C1Nc2cccc(F)c2SCC12CCCC2. The number of fused-ring (bicyclic) bond motifs is 1. The molecule has 1 aliphatic carbocycles. The van der Waals surface area contributed by atoms with Gasteiger partial charge in [-0.2, -0.15) is 0 Å². The molecule has 2 aliphatic rings. The fourth-order valence-corrected chi connectivity index (χ4v) is 4.03. The third kappa shape index (κ3) is 1.75. The zero-order chi connectivity index (χ0) is 11.9. The van der Waals surface area contributed by atoms with Gasteiger partial charge < -0.3 is 5.32 Å². The minimum absolute atomic E-state index is 0.0758. The van der Waals surface area contributed by atoms with E-state index < -0.39 is 0 Å². The van der Waals surface area contributed by atoms with Crippen molar-refractivity contribution in [2.24, 2.45) is 5.41 Å². The number of anilines is 1. The van der Waals surface area contributed by atoms with Crippen molar-refractivity contribution < 1.29 is 9.18 Å². The van der Waals surface area contributed by atoms with Crippen LogP contribution in [0.4, 0.5) is 10.1 Å². The third-order valence-electron chi connectivity index (χ3n) is 3.75. The molecule has 1 aromatic carbocycles. The second-order valence-corrected chi connectivity index (χ2v) is 5.83. The van der Waals surface area contributed by atoms with Gasteiger partial charge in [0.25, 0.3) is 0 Å². The Morgan fingerprint density at radius 3 is 2.82 bits per heavy atom. The molecule has 0 aromatic heterocycles. The zero-order valence-electron chi connectivity index (χ0n) is 9.46. The van der Waals surface area contributed by atoms with Gasteiger partial charge in [0.2, 0.25) is 5.91 Å². The van der Waals surface area contributed by atoms with Crippen molar-refractivity contribution in [3.05, 3.63) is 24.0 Å². The average Bonchev–Trinajstić information content (AvgIpc) is 2.72. The van der Waals surface area contributed by atoms with Crippen molar-refractivity contribution in [2.75, 3.05) is 11.1 Å². The maximum atomic E-state index is 13.7. The Kier molecular flexibility index (Phi) is 2.62. The number of amides is 1. The predicted molar refractivity (Wildman–Crippen MR) is 66.7 cm³/mol. The Morgan fingerprint density at radius 2 is 2.06 bits per heavy atom. The van der Waals surface area contributed by atoms with Gasteiger partial charge in [-0.15, -0.1) is 11.8 Å². The molecule has 1 saturated carbocycles. The molecule has 1 N–H and O–H groups in total. The first-order valence-electron chi connectivity index (χ1n) is 5.94. The molecule has 4 heteroatoms. The fraction of sp³-hybridized carbons (Fsp3) is 0.462. The molecule has 17 heavy (non-hydrogen) atoms. The lowest BCUT2D eigenvalue weighted by Gasteiger charge is -2.24. The average molecular weight is 251 g/mol. The van der Waals surface area contributed by atoms with E-state index in [1.54, 1.807) is 12.1 Å². The molecule has 3 rings (SSSR count). The Morgan fingerprint density at radius 1 is 1.29 bits per heavy atom. The summed E-state index contributed by atoms with van der Waals surface area (Å²) < 4.78 is 13.7. The first-order chi connectivity index (χ1) is 8.21. The van der Waals surface area contributed by atoms with E-state index in [9.17, 15) is 9.18 Å². The Labute approximate surface area is 104 Å². The van der Waals surface area contributed by atoms with Gasteiger partial charge in [0.15, 0.2) is 0 Å². The lowest BCUT2D eigenvalue weighted by molar-refractivity contribution is -0.124. The molecule has 1 heterocycles. The number of nitrogens with one attached hydrogen (secondary N) is 1. The first-order valence-corrected chi connectivity index (χ1v) is 6.93. The molecule has 2 nitrogen and oxygen atoms in total. The van der Waals surface area contributed by atoms with Gasteiger partial charge in [0, 0.05) is 5.75 Å². The van der Waals surface area contributed by atoms with Crippen LogP contribution in [0.3, 0.4) is 0 Å². The summed E-state index contributed by atoms with van der Waals surface area (Å²) in [5.41, 5.74) is 0.361. The van der Waals surface area contributed by atoms with Crippen molar-refractivity contribution >= 4 is 23.4 Å². The summed E-state index contributed by atoms with van der Waals surface area (Å²) in [6, 6.07) is 4.86. The maximum Gasteiger partial charge on any atom is 0.231 e. The largest absolute Gasteiger partial charge is 0.324 e. The molecule has 0 radical (unpaired) electrons. The Balaban J connectivity index is 1.99. The lowest BCUT2D eigenvalue weighted by Crippen LogP contribution is -2.34. The smallest absolute Gasteiger partial charge is 0.231 e. The Hall–Kier alpha value is -1.03. The number of carbonyl (C=O) groups is 1. The monoisotopic (exact) mass is 251 g/mol. The highest BCUT2D eigenvalue weighted by Gasteiger charge is 2.43. The molecule has 1 aromatic rings. The second kappa shape index (κ2) is 4.02. The van der Waals surface area contributed by atoms with Crippen molar-refractivity contribution in [1.29, 1.82) is 0 Å². The number of carbonyl (C=O) groups excluding carboxylic acids is 1. The molecular formula is C13H14FNOS. The molecule has 0 saturated heterocycles. The molecule has 90 valence electrons. The van der Waals surface area contributed by atoms with E-state index in [-0.39, 0.29) is 17.1 Å². The van der Waals surface area contributed by atoms with Crippen molar-refractivity contribution in [3.63, 3.8) is 0 Å². The van der Waals surface area contributed by atoms with Crippen LogP contribution in [0.2, 0.25) is 0 Å². The van der Waals surface area contributed by atoms with Crippen molar-refractivity contribution in [1.82, 2.24) is 0 Å². The van der Waals surface area contributed by atoms with Crippen LogP contribution in [0.1, 0.15) is 25.7 Å². The van der Waals surface area contributed by atoms with E-state index in [0.717, 1.165) is 25.7 Å². The van der Waals surface area contributed by atoms with Gasteiger partial charge in [-0.25, -0.2) is 4.39 Å². The predicted octanol–water partition coefficient (Wildman–Crippen LogP) is 3.43. The standard InChI is InChI=1S/C13H14FNOS/c14-9-4-3-5-10-11(9)17-8-13(12(16)15-10)6-1-2-7-13/h3-5H,1-2,6-8H2,(H,15,16). The van der Waals surface area contributed by atoms with Crippen LogP contribution < -0.4 is 5.32 Å².